The summed E-state index contributed by atoms with van der Waals surface area (Å²) in [6.07, 6.45) is 2.75. The van der Waals surface area contributed by atoms with Crippen LogP contribution in [-0.4, -0.2) is 4.98 Å². The molecule has 0 radical (unpaired) electrons. The molecule has 0 spiro atoms. The fourth-order valence-corrected chi connectivity index (χ4v) is 1.94. The highest BCUT2D eigenvalue weighted by atomic mass is 35.5. The second-order valence-electron chi connectivity index (χ2n) is 3.78. The van der Waals surface area contributed by atoms with Crippen molar-refractivity contribution < 1.29 is 4.39 Å². The average Bonchev–Trinajstić information content (AvgIpc) is 2.29. The Labute approximate surface area is 104 Å². The van der Waals surface area contributed by atoms with E-state index in [0.29, 0.717) is 10.7 Å². The van der Waals surface area contributed by atoms with Gasteiger partial charge in [-0.25, -0.2) is 4.39 Å². The van der Waals surface area contributed by atoms with Crippen LogP contribution in [0, 0.1) is 5.82 Å². The van der Waals surface area contributed by atoms with E-state index in [0.717, 1.165) is 5.56 Å². The second kappa shape index (κ2) is 5.15. The van der Waals surface area contributed by atoms with Gasteiger partial charge in [0.15, 0.2) is 0 Å². The summed E-state index contributed by atoms with van der Waals surface area (Å²) in [6.45, 7) is 1.96. The summed E-state index contributed by atoms with van der Waals surface area (Å²) in [7, 11) is 0. The largest absolute Gasteiger partial charge is 0.377 e. The lowest BCUT2D eigenvalue weighted by Gasteiger charge is -2.16. The highest BCUT2D eigenvalue weighted by Crippen LogP contribution is 2.25. The Morgan fingerprint density at radius 2 is 2.06 bits per heavy atom. The minimum Gasteiger partial charge on any atom is -0.377 e. The molecule has 2 rings (SSSR count). The van der Waals surface area contributed by atoms with Crippen molar-refractivity contribution in [1.82, 2.24) is 4.98 Å². The van der Waals surface area contributed by atoms with Crippen LogP contribution in [0.5, 0.6) is 0 Å². The zero-order chi connectivity index (χ0) is 12.3. The Morgan fingerprint density at radius 3 is 2.76 bits per heavy atom. The van der Waals surface area contributed by atoms with Crippen LogP contribution in [0.15, 0.2) is 42.7 Å². The Morgan fingerprint density at radius 1 is 1.29 bits per heavy atom. The van der Waals surface area contributed by atoms with Crippen LogP contribution >= 0.6 is 11.6 Å². The van der Waals surface area contributed by atoms with Crippen LogP contribution in [0.25, 0.3) is 0 Å². The number of benzene rings is 1. The summed E-state index contributed by atoms with van der Waals surface area (Å²) in [5, 5.41) is 3.84. The van der Waals surface area contributed by atoms with Crippen molar-refractivity contribution in [3.05, 3.63) is 59.1 Å². The molecule has 17 heavy (non-hydrogen) atoms. The Bertz CT molecular complexity index is 516. The Kier molecular flexibility index (Phi) is 3.59. The molecule has 0 fully saturated rings. The molecule has 0 saturated heterocycles. The molecule has 1 aromatic carbocycles. The van der Waals surface area contributed by atoms with Gasteiger partial charge in [-0.1, -0.05) is 29.8 Å². The highest BCUT2D eigenvalue weighted by molar-refractivity contribution is 6.31. The lowest BCUT2D eigenvalue weighted by Crippen LogP contribution is -2.07. The standard InChI is InChI=1S/C13H12ClFN2/c1-9(12-4-2-3-5-13(12)14)17-11-6-10(15)7-16-8-11/h2-9,17H,1H3. The van der Waals surface area contributed by atoms with Gasteiger partial charge in [0.25, 0.3) is 0 Å². The number of hydrogen-bond acceptors (Lipinski definition) is 2. The molecule has 1 atom stereocenters. The second-order valence-corrected chi connectivity index (χ2v) is 4.19. The zero-order valence-electron chi connectivity index (χ0n) is 9.32. The van der Waals surface area contributed by atoms with Gasteiger partial charge in [0.1, 0.15) is 5.82 Å². The third kappa shape index (κ3) is 2.94. The van der Waals surface area contributed by atoms with Gasteiger partial charge in [0.2, 0.25) is 0 Å². The molecule has 1 aromatic heterocycles. The third-order valence-corrected chi connectivity index (χ3v) is 2.80. The van der Waals surface area contributed by atoms with Crippen LogP contribution in [0.4, 0.5) is 10.1 Å². The lowest BCUT2D eigenvalue weighted by molar-refractivity contribution is 0.621. The van der Waals surface area contributed by atoms with E-state index in [1.165, 1.54) is 12.3 Å². The number of pyridine rings is 1. The van der Waals surface area contributed by atoms with Crippen molar-refractivity contribution in [2.24, 2.45) is 0 Å². The first kappa shape index (κ1) is 11.9. The Hall–Kier alpha value is -1.61. The summed E-state index contributed by atoms with van der Waals surface area (Å²) in [5.74, 6) is -0.360. The summed E-state index contributed by atoms with van der Waals surface area (Å²) in [5.41, 5.74) is 1.61. The summed E-state index contributed by atoms with van der Waals surface area (Å²) >= 11 is 6.09. The highest BCUT2D eigenvalue weighted by Gasteiger charge is 2.09. The van der Waals surface area contributed by atoms with Gasteiger partial charge in [-0.15, -0.1) is 0 Å². The van der Waals surface area contributed by atoms with Gasteiger partial charge in [-0.3, -0.25) is 4.98 Å². The van der Waals surface area contributed by atoms with Gasteiger partial charge in [-0.05, 0) is 18.6 Å². The first-order valence-corrected chi connectivity index (χ1v) is 5.66. The average molecular weight is 251 g/mol. The van der Waals surface area contributed by atoms with E-state index in [-0.39, 0.29) is 11.9 Å². The molecule has 0 aliphatic rings. The van der Waals surface area contributed by atoms with Crippen LogP contribution in [0.2, 0.25) is 5.02 Å². The number of anilines is 1. The molecule has 1 unspecified atom stereocenters. The molecular formula is C13H12ClFN2. The molecule has 4 heteroatoms. The Balaban J connectivity index is 2.17. The van der Waals surface area contributed by atoms with E-state index in [9.17, 15) is 4.39 Å². The third-order valence-electron chi connectivity index (χ3n) is 2.46. The summed E-state index contributed by atoms with van der Waals surface area (Å²) < 4.78 is 13.0. The zero-order valence-corrected chi connectivity index (χ0v) is 10.1. The topological polar surface area (TPSA) is 24.9 Å². The first-order chi connectivity index (χ1) is 8.16. The van der Waals surface area contributed by atoms with Crippen molar-refractivity contribution in [3.8, 4) is 0 Å². The van der Waals surface area contributed by atoms with E-state index < -0.39 is 0 Å². The first-order valence-electron chi connectivity index (χ1n) is 5.28. The number of rotatable bonds is 3. The van der Waals surface area contributed by atoms with E-state index in [1.807, 2.05) is 31.2 Å². The van der Waals surface area contributed by atoms with Crippen molar-refractivity contribution in [3.63, 3.8) is 0 Å². The monoisotopic (exact) mass is 250 g/mol. The molecule has 2 nitrogen and oxygen atoms in total. The van der Waals surface area contributed by atoms with E-state index in [4.69, 9.17) is 11.6 Å². The van der Waals surface area contributed by atoms with Crippen molar-refractivity contribution >= 4 is 17.3 Å². The fraction of sp³-hybridized carbons (Fsp3) is 0.154. The number of hydrogen-bond donors (Lipinski definition) is 1. The molecule has 1 N–H and O–H groups in total. The normalized spacial score (nSPS) is 12.2. The molecule has 1 heterocycles. The van der Waals surface area contributed by atoms with Crippen molar-refractivity contribution in [2.75, 3.05) is 5.32 Å². The maximum atomic E-state index is 13.0. The molecule has 0 aliphatic heterocycles. The van der Waals surface area contributed by atoms with Gasteiger partial charge in [0.05, 0.1) is 24.1 Å². The molecule has 0 saturated carbocycles. The van der Waals surface area contributed by atoms with Crippen molar-refractivity contribution in [1.29, 1.82) is 0 Å². The molecule has 0 amide bonds. The number of nitrogens with zero attached hydrogens (tertiary/aromatic N) is 1. The molecule has 0 aliphatic carbocycles. The lowest BCUT2D eigenvalue weighted by atomic mass is 10.1. The molecule has 0 bridgehead atoms. The maximum absolute atomic E-state index is 13.0. The number of aromatic nitrogens is 1. The summed E-state index contributed by atoms with van der Waals surface area (Å²) in [6, 6.07) is 8.96. The van der Waals surface area contributed by atoms with Crippen LogP contribution in [0.1, 0.15) is 18.5 Å². The van der Waals surface area contributed by atoms with Crippen LogP contribution < -0.4 is 5.32 Å². The van der Waals surface area contributed by atoms with E-state index in [1.54, 1.807) is 6.20 Å². The maximum Gasteiger partial charge on any atom is 0.143 e. The molecule has 2 aromatic rings. The van der Waals surface area contributed by atoms with Gasteiger partial charge < -0.3 is 5.32 Å². The van der Waals surface area contributed by atoms with Crippen molar-refractivity contribution in [2.45, 2.75) is 13.0 Å². The van der Waals surface area contributed by atoms with Gasteiger partial charge in [-0.2, -0.15) is 0 Å². The predicted octanol–water partition coefficient (Wildman–Crippen LogP) is 4.05. The smallest absolute Gasteiger partial charge is 0.143 e. The fourth-order valence-electron chi connectivity index (χ4n) is 1.64. The number of nitrogens with one attached hydrogen (secondary N) is 1. The van der Waals surface area contributed by atoms with Gasteiger partial charge in [0, 0.05) is 11.1 Å². The van der Waals surface area contributed by atoms with Crippen LogP contribution in [-0.2, 0) is 0 Å². The summed E-state index contributed by atoms with van der Waals surface area (Å²) in [4.78, 5) is 3.78. The minimum atomic E-state index is -0.360. The minimum absolute atomic E-state index is 0.00713. The van der Waals surface area contributed by atoms with Crippen LogP contribution in [0.3, 0.4) is 0 Å². The van der Waals surface area contributed by atoms with Gasteiger partial charge >= 0.3 is 0 Å². The predicted molar refractivity (Wildman–Crippen MR) is 67.7 cm³/mol. The van der Waals surface area contributed by atoms with E-state index >= 15 is 0 Å². The SMILES string of the molecule is CC(Nc1cncc(F)c1)c1ccccc1Cl. The number of halogens is 2. The molecule has 88 valence electrons. The molecular weight excluding hydrogens is 239 g/mol. The van der Waals surface area contributed by atoms with E-state index in [2.05, 4.69) is 10.3 Å². The quantitative estimate of drug-likeness (QED) is 0.889.